The molecule has 0 bridgehead atoms. The summed E-state index contributed by atoms with van der Waals surface area (Å²) in [6.45, 7) is 1.98. The molecule has 0 amide bonds. The van der Waals surface area contributed by atoms with Crippen molar-refractivity contribution in [2.75, 3.05) is 0 Å². The predicted molar refractivity (Wildman–Crippen MR) is 29.8 cm³/mol. The zero-order chi connectivity index (χ0) is 5.54. The van der Waals surface area contributed by atoms with E-state index in [0.29, 0.717) is 6.42 Å². The maximum atomic E-state index is 6.43. The summed E-state index contributed by atoms with van der Waals surface area (Å²) in [6, 6.07) is 0. The molecule has 0 atom stereocenters. The molecule has 0 radical (unpaired) electrons. The smallest absolute Gasteiger partial charge is 0.693 e. The molecule has 0 aliphatic carbocycles. The van der Waals surface area contributed by atoms with Crippen LogP contribution in [0.5, 0.6) is 0 Å². The normalized spacial score (nSPS) is 5.00. The van der Waals surface area contributed by atoms with Crippen molar-refractivity contribution in [2.24, 2.45) is 0 Å². The van der Waals surface area contributed by atoms with Gasteiger partial charge in [-0.05, 0) is 0 Å². The summed E-state index contributed by atoms with van der Waals surface area (Å²) in [4.78, 5) is 0. The molecule has 8 heavy (non-hydrogen) atoms. The van der Waals surface area contributed by atoms with Crippen LogP contribution in [-0.4, -0.2) is 0 Å². The first kappa shape index (κ1) is 10.7. The minimum atomic E-state index is 0. The molecule has 1 heteroatoms. The summed E-state index contributed by atoms with van der Waals surface area (Å²) in [6.07, 6.45) is 7.79. The molecule has 0 rings (SSSR count). The Bertz CT molecular complexity index is 120. The molecule has 0 aliphatic rings. The average Bonchev–Trinajstić information content (AvgIpc) is 1.69. The fourth-order valence-electron chi connectivity index (χ4n) is 0.232. The van der Waals surface area contributed by atoms with Gasteiger partial charge in [0, 0.05) is 12.8 Å². The maximum Gasteiger partial charge on any atom is 1.00 e. The SMILES string of the molecule is [C-]#CCC#CCC.[Li+]. The van der Waals surface area contributed by atoms with Gasteiger partial charge in [-0.1, -0.05) is 12.8 Å². The largest absolute Gasteiger partial charge is 1.00 e. The third-order valence-corrected chi connectivity index (χ3v) is 0.479. The minimum Gasteiger partial charge on any atom is -0.693 e. The van der Waals surface area contributed by atoms with Crippen LogP contribution in [0.1, 0.15) is 19.8 Å². The van der Waals surface area contributed by atoms with Gasteiger partial charge in [-0.3, -0.25) is 0 Å². The van der Waals surface area contributed by atoms with Crippen LogP contribution in [-0.2, 0) is 0 Å². The van der Waals surface area contributed by atoms with E-state index < -0.39 is 0 Å². The molecule has 0 nitrogen and oxygen atoms in total. The monoisotopic (exact) mass is 98.1 g/mol. The Morgan fingerprint density at radius 3 is 2.38 bits per heavy atom. The van der Waals surface area contributed by atoms with E-state index in [1.807, 2.05) is 6.92 Å². The molecule has 0 aromatic heterocycles. The van der Waals surface area contributed by atoms with Crippen molar-refractivity contribution in [1.82, 2.24) is 0 Å². The Morgan fingerprint density at radius 1 is 1.38 bits per heavy atom. The summed E-state index contributed by atoms with van der Waals surface area (Å²) < 4.78 is 0. The second kappa shape index (κ2) is 9.87. The van der Waals surface area contributed by atoms with Gasteiger partial charge in [0.15, 0.2) is 0 Å². The van der Waals surface area contributed by atoms with Crippen molar-refractivity contribution in [1.29, 1.82) is 0 Å². The van der Waals surface area contributed by atoms with Crippen LogP contribution < -0.4 is 18.9 Å². The standard InChI is InChI=1S/C7H7.Li/c1-3-5-7-6-4-2;/h3,6H2,1H3;/q-1;+1. The summed E-state index contributed by atoms with van der Waals surface area (Å²) in [5.74, 6) is 7.73. The van der Waals surface area contributed by atoms with Crippen molar-refractivity contribution in [2.45, 2.75) is 19.8 Å². The van der Waals surface area contributed by atoms with Gasteiger partial charge in [-0.25, -0.2) is 0 Å². The molecule has 0 heterocycles. The summed E-state index contributed by atoms with van der Waals surface area (Å²) in [5, 5.41) is 0. The molecule has 0 fully saturated rings. The van der Waals surface area contributed by atoms with E-state index in [0.717, 1.165) is 6.42 Å². The summed E-state index contributed by atoms with van der Waals surface area (Å²) in [7, 11) is 0. The van der Waals surface area contributed by atoms with Crippen LogP contribution in [0.2, 0.25) is 0 Å². The van der Waals surface area contributed by atoms with E-state index in [4.69, 9.17) is 6.42 Å². The molecule has 0 N–H and O–H groups in total. The van der Waals surface area contributed by atoms with Gasteiger partial charge in [0.25, 0.3) is 0 Å². The number of hydrogen-bond donors (Lipinski definition) is 0. The Balaban J connectivity index is 0. The Morgan fingerprint density at radius 2 is 2.00 bits per heavy atom. The third kappa shape index (κ3) is 9.21. The van der Waals surface area contributed by atoms with Gasteiger partial charge >= 0.3 is 18.9 Å². The molecule has 0 aromatic rings. The molecule has 0 spiro atoms. The topological polar surface area (TPSA) is 0 Å². The molecule has 0 saturated heterocycles. The molecule has 0 saturated carbocycles. The predicted octanol–water partition coefficient (Wildman–Crippen LogP) is -1.62. The van der Waals surface area contributed by atoms with Crippen molar-refractivity contribution < 1.29 is 18.9 Å². The Hall–Kier alpha value is -0.283. The van der Waals surface area contributed by atoms with E-state index >= 15 is 0 Å². The fraction of sp³-hybridized carbons (Fsp3) is 0.429. The van der Waals surface area contributed by atoms with E-state index in [9.17, 15) is 0 Å². The van der Waals surface area contributed by atoms with Crippen LogP contribution in [0.25, 0.3) is 0 Å². The first-order valence-electron chi connectivity index (χ1n) is 2.27. The average molecular weight is 98.1 g/mol. The van der Waals surface area contributed by atoms with Crippen molar-refractivity contribution in [3.63, 3.8) is 0 Å². The first-order chi connectivity index (χ1) is 3.41. The van der Waals surface area contributed by atoms with Gasteiger partial charge in [-0.15, -0.1) is 5.92 Å². The molecular formula is C7H7Li. The van der Waals surface area contributed by atoms with Crippen molar-refractivity contribution >= 4 is 0 Å². The van der Waals surface area contributed by atoms with Crippen LogP contribution in [0, 0.1) is 24.2 Å². The molecule has 36 valence electrons. The maximum absolute atomic E-state index is 6.43. The van der Waals surface area contributed by atoms with Crippen molar-refractivity contribution in [3.8, 4) is 17.8 Å². The molecule has 0 unspecified atom stereocenters. The van der Waals surface area contributed by atoms with Crippen LogP contribution in [0.15, 0.2) is 0 Å². The minimum absolute atomic E-state index is 0. The Kier molecular flexibility index (Phi) is 13.1. The van der Waals surface area contributed by atoms with Crippen LogP contribution in [0.4, 0.5) is 0 Å². The van der Waals surface area contributed by atoms with Crippen molar-refractivity contribution in [3.05, 3.63) is 6.42 Å². The van der Waals surface area contributed by atoms with E-state index in [1.165, 1.54) is 0 Å². The zero-order valence-electron chi connectivity index (χ0n) is 5.41. The van der Waals surface area contributed by atoms with E-state index in [-0.39, 0.29) is 18.9 Å². The van der Waals surface area contributed by atoms with Crippen LogP contribution in [0.3, 0.4) is 0 Å². The van der Waals surface area contributed by atoms with Gasteiger partial charge in [0.2, 0.25) is 0 Å². The van der Waals surface area contributed by atoms with E-state index in [2.05, 4.69) is 17.8 Å². The quantitative estimate of drug-likeness (QED) is 0.194. The number of rotatable bonds is 0. The molecule has 0 aliphatic heterocycles. The molecule has 0 aromatic carbocycles. The first-order valence-corrected chi connectivity index (χ1v) is 2.27. The third-order valence-electron chi connectivity index (χ3n) is 0.479. The summed E-state index contributed by atoms with van der Waals surface area (Å²) >= 11 is 0. The van der Waals surface area contributed by atoms with Gasteiger partial charge in [-0.2, -0.15) is 0 Å². The van der Waals surface area contributed by atoms with Gasteiger partial charge in [0.1, 0.15) is 0 Å². The second-order valence-corrected chi connectivity index (χ2v) is 1.06. The van der Waals surface area contributed by atoms with Crippen LogP contribution >= 0.6 is 0 Å². The second-order valence-electron chi connectivity index (χ2n) is 1.06. The number of hydrogen-bond acceptors (Lipinski definition) is 0. The summed E-state index contributed by atoms with van der Waals surface area (Å²) in [5.41, 5.74) is 0. The molecular weight excluding hydrogens is 91.0 g/mol. The van der Waals surface area contributed by atoms with Gasteiger partial charge < -0.3 is 12.3 Å². The zero-order valence-corrected chi connectivity index (χ0v) is 5.41. The fourth-order valence-corrected chi connectivity index (χ4v) is 0.232. The van der Waals surface area contributed by atoms with Gasteiger partial charge in [0.05, 0.1) is 0 Å². The Labute approximate surface area is 63.2 Å². The van der Waals surface area contributed by atoms with E-state index in [1.54, 1.807) is 0 Å².